The third-order valence-electron chi connectivity index (χ3n) is 6.87. The van der Waals surface area contributed by atoms with Gasteiger partial charge in [-0.15, -0.1) is 0 Å². The molecule has 6 nitrogen and oxygen atoms in total. The quantitative estimate of drug-likeness (QED) is 0.240. The van der Waals surface area contributed by atoms with Crippen LogP contribution in [-0.2, 0) is 33.6 Å². The summed E-state index contributed by atoms with van der Waals surface area (Å²) >= 11 is 0. The van der Waals surface area contributed by atoms with E-state index >= 15 is 0 Å². The number of ketones is 1. The second-order valence-corrected chi connectivity index (χ2v) is 9.70. The molecule has 2 unspecified atom stereocenters. The molecular weight excluding hydrogens is 466 g/mol. The number of aromatic nitrogens is 1. The Kier molecular flexibility index (Phi) is 10.8. The summed E-state index contributed by atoms with van der Waals surface area (Å²) in [5.74, 6) is 0.600. The molecule has 2 aromatic carbocycles. The fraction of sp³-hybridized carbons (Fsp3) is 0.419. The van der Waals surface area contributed by atoms with E-state index in [1.54, 1.807) is 18.2 Å². The predicted octanol–water partition coefficient (Wildman–Crippen LogP) is 6.19. The molecule has 0 radical (unpaired) electrons. The van der Waals surface area contributed by atoms with Crippen LogP contribution in [-0.4, -0.2) is 35.1 Å². The molecule has 0 saturated heterocycles. The number of esters is 1. The van der Waals surface area contributed by atoms with Crippen LogP contribution in [0.3, 0.4) is 0 Å². The van der Waals surface area contributed by atoms with Crippen molar-refractivity contribution >= 4 is 11.8 Å². The van der Waals surface area contributed by atoms with E-state index in [1.165, 1.54) is 30.7 Å². The number of ether oxygens (including phenoxy) is 2. The van der Waals surface area contributed by atoms with Crippen molar-refractivity contribution in [1.29, 1.82) is 0 Å². The van der Waals surface area contributed by atoms with Crippen molar-refractivity contribution in [2.45, 2.75) is 71.3 Å². The first-order valence-electron chi connectivity index (χ1n) is 13.1. The molecule has 3 aromatic rings. The van der Waals surface area contributed by atoms with E-state index in [1.807, 2.05) is 6.07 Å². The number of phenolic OH excluding ortho intramolecular Hbond substituents is 1. The third kappa shape index (κ3) is 9.12. The Morgan fingerprint density at radius 1 is 1.00 bits per heavy atom. The van der Waals surface area contributed by atoms with Gasteiger partial charge in [-0.2, -0.15) is 0 Å². The summed E-state index contributed by atoms with van der Waals surface area (Å²) in [6, 6.07) is 15.5. The summed E-state index contributed by atoms with van der Waals surface area (Å²) in [5.41, 5.74) is 4.83. The molecule has 0 amide bonds. The number of aryl methyl sites for hydroxylation is 1. The zero-order valence-corrected chi connectivity index (χ0v) is 22.2. The first-order chi connectivity index (χ1) is 17.9. The first kappa shape index (κ1) is 28.0. The molecule has 2 atom stereocenters. The number of nitrogens with one attached hydrogen (secondary N) is 1. The van der Waals surface area contributed by atoms with Crippen molar-refractivity contribution in [3.63, 3.8) is 0 Å². The zero-order chi connectivity index (χ0) is 26.6. The van der Waals surface area contributed by atoms with Gasteiger partial charge in [-0.3, -0.25) is 9.59 Å². The summed E-state index contributed by atoms with van der Waals surface area (Å²) < 4.78 is 10.7. The van der Waals surface area contributed by atoms with Crippen LogP contribution in [0.5, 0.6) is 11.5 Å². The largest absolute Gasteiger partial charge is 0.504 e. The summed E-state index contributed by atoms with van der Waals surface area (Å²) in [4.78, 5) is 27.7. The molecule has 3 rings (SSSR count). The highest BCUT2D eigenvalue weighted by molar-refractivity contribution is 5.79. The molecule has 37 heavy (non-hydrogen) atoms. The number of aromatic amines is 1. The number of phenols is 1. The van der Waals surface area contributed by atoms with Crippen LogP contribution in [0.25, 0.3) is 0 Å². The molecule has 0 fully saturated rings. The van der Waals surface area contributed by atoms with Crippen LogP contribution >= 0.6 is 0 Å². The van der Waals surface area contributed by atoms with Gasteiger partial charge in [-0.25, -0.2) is 0 Å². The smallest absolute Gasteiger partial charge is 0.302 e. The lowest BCUT2D eigenvalue weighted by atomic mass is 9.89. The van der Waals surface area contributed by atoms with E-state index in [4.69, 9.17) is 9.47 Å². The number of hydrogen-bond donors (Lipinski definition) is 2. The molecule has 0 bridgehead atoms. The Labute approximate surface area is 220 Å². The van der Waals surface area contributed by atoms with Crippen LogP contribution in [0.15, 0.2) is 60.9 Å². The lowest BCUT2D eigenvalue weighted by molar-refractivity contribution is -0.148. The van der Waals surface area contributed by atoms with Crippen LogP contribution in [0, 0.1) is 5.92 Å². The van der Waals surface area contributed by atoms with Gasteiger partial charge in [0.25, 0.3) is 0 Å². The van der Waals surface area contributed by atoms with Gasteiger partial charge < -0.3 is 19.6 Å². The Bertz CT molecular complexity index is 1140. The summed E-state index contributed by atoms with van der Waals surface area (Å²) in [7, 11) is 1.50. The van der Waals surface area contributed by atoms with Crippen molar-refractivity contribution in [3.8, 4) is 11.5 Å². The van der Waals surface area contributed by atoms with Gasteiger partial charge >= 0.3 is 5.97 Å². The van der Waals surface area contributed by atoms with E-state index in [0.29, 0.717) is 30.9 Å². The van der Waals surface area contributed by atoms with Gasteiger partial charge in [0.2, 0.25) is 0 Å². The number of Topliss-reactive ketones (excluding diaryl/α,β-unsaturated/α-hetero) is 1. The summed E-state index contributed by atoms with van der Waals surface area (Å²) in [5, 5.41) is 9.76. The minimum Gasteiger partial charge on any atom is -0.504 e. The summed E-state index contributed by atoms with van der Waals surface area (Å²) in [6.07, 6.45) is 9.26. The highest BCUT2D eigenvalue weighted by atomic mass is 16.5. The fourth-order valence-electron chi connectivity index (χ4n) is 4.74. The van der Waals surface area contributed by atoms with E-state index in [0.717, 1.165) is 31.2 Å². The minimum atomic E-state index is -0.414. The van der Waals surface area contributed by atoms with Gasteiger partial charge in [-0.1, -0.05) is 49.7 Å². The second kappa shape index (κ2) is 14.3. The molecular formula is C31H39NO5. The predicted molar refractivity (Wildman–Crippen MR) is 145 cm³/mol. The fourth-order valence-corrected chi connectivity index (χ4v) is 4.74. The van der Waals surface area contributed by atoms with E-state index in [2.05, 4.69) is 48.6 Å². The Balaban J connectivity index is 1.53. The molecule has 2 N–H and O–H groups in total. The Morgan fingerprint density at radius 3 is 2.46 bits per heavy atom. The normalized spacial score (nSPS) is 12.6. The molecule has 1 heterocycles. The monoisotopic (exact) mass is 505 g/mol. The van der Waals surface area contributed by atoms with Crippen molar-refractivity contribution in [2.24, 2.45) is 5.92 Å². The van der Waals surface area contributed by atoms with E-state index < -0.39 is 6.10 Å². The lowest BCUT2D eigenvalue weighted by Crippen LogP contribution is -2.22. The van der Waals surface area contributed by atoms with Crippen LogP contribution in [0.2, 0.25) is 0 Å². The standard InChI is InChI=1S/C31H39NO5/c1-4-23(16-26-20-32-21-27(26)17-24-8-6-5-7-9-24)11-14-29(37-22(2)33)19-28(34)13-10-25-12-15-30(35)31(18-25)36-3/h5-9,12,15,18,20-21,23,29,32,35H,4,10-11,13-14,16-17,19H2,1-3H3. The SMILES string of the molecule is CCC(CCC(CC(=O)CCc1ccc(O)c(OC)c1)OC(C)=O)Cc1c[nH]cc1Cc1ccccc1. The Hall–Kier alpha value is -3.54. The first-order valence-corrected chi connectivity index (χ1v) is 13.1. The molecule has 0 aliphatic rings. The lowest BCUT2D eigenvalue weighted by Gasteiger charge is -2.21. The third-order valence-corrected chi connectivity index (χ3v) is 6.87. The maximum Gasteiger partial charge on any atom is 0.302 e. The average Bonchev–Trinajstić information content (AvgIpc) is 3.32. The zero-order valence-electron chi connectivity index (χ0n) is 22.2. The van der Waals surface area contributed by atoms with Gasteiger partial charge in [0, 0.05) is 32.2 Å². The highest BCUT2D eigenvalue weighted by Crippen LogP contribution is 2.27. The minimum absolute atomic E-state index is 0.0575. The van der Waals surface area contributed by atoms with Gasteiger partial charge in [0.05, 0.1) is 7.11 Å². The molecule has 198 valence electrons. The molecule has 1 aromatic heterocycles. The van der Waals surface area contributed by atoms with Crippen LogP contribution < -0.4 is 4.74 Å². The number of rotatable bonds is 15. The van der Waals surface area contributed by atoms with Crippen molar-refractivity contribution < 1.29 is 24.2 Å². The van der Waals surface area contributed by atoms with Crippen molar-refractivity contribution in [1.82, 2.24) is 4.98 Å². The van der Waals surface area contributed by atoms with Gasteiger partial charge in [0.15, 0.2) is 11.5 Å². The highest BCUT2D eigenvalue weighted by Gasteiger charge is 2.20. The van der Waals surface area contributed by atoms with E-state index in [9.17, 15) is 14.7 Å². The molecule has 0 spiro atoms. The van der Waals surface area contributed by atoms with E-state index in [-0.39, 0.29) is 23.9 Å². The van der Waals surface area contributed by atoms with Gasteiger partial charge in [-0.05, 0) is 72.4 Å². The number of aromatic hydroxyl groups is 1. The maximum absolute atomic E-state index is 12.7. The number of benzene rings is 2. The Morgan fingerprint density at radius 2 is 1.76 bits per heavy atom. The number of carbonyl (C=O) groups is 2. The van der Waals surface area contributed by atoms with Gasteiger partial charge in [0.1, 0.15) is 11.9 Å². The number of hydrogen-bond acceptors (Lipinski definition) is 5. The molecule has 0 aliphatic carbocycles. The van der Waals surface area contributed by atoms with Crippen molar-refractivity contribution in [2.75, 3.05) is 7.11 Å². The topological polar surface area (TPSA) is 88.6 Å². The summed E-state index contributed by atoms with van der Waals surface area (Å²) in [6.45, 7) is 3.58. The number of H-pyrrole nitrogens is 1. The molecule has 0 aliphatic heterocycles. The van der Waals surface area contributed by atoms with Crippen molar-refractivity contribution in [3.05, 3.63) is 83.2 Å². The van der Waals surface area contributed by atoms with Crippen LogP contribution in [0.1, 0.15) is 68.2 Å². The number of carbonyl (C=O) groups excluding carboxylic acids is 2. The number of methoxy groups -OCH3 is 1. The molecule has 0 saturated carbocycles. The average molecular weight is 506 g/mol. The maximum atomic E-state index is 12.7. The van der Waals surface area contributed by atoms with Crippen LogP contribution in [0.4, 0.5) is 0 Å². The molecule has 6 heteroatoms. The second-order valence-electron chi connectivity index (χ2n) is 9.70.